The average molecular weight is 325 g/mol. The number of likely N-dealkylation sites (N-methyl/N-ethyl adjacent to an activating group) is 1. The summed E-state index contributed by atoms with van der Waals surface area (Å²) in [7, 11) is 3.28. The number of rotatable bonds is 2. The summed E-state index contributed by atoms with van der Waals surface area (Å²) < 4.78 is 3.77. The summed E-state index contributed by atoms with van der Waals surface area (Å²) in [5, 5.41) is 3.84. The van der Waals surface area contributed by atoms with Crippen LogP contribution in [0.1, 0.15) is 22.3 Å². The van der Waals surface area contributed by atoms with E-state index < -0.39 is 6.04 Å². The molecule has 0 N–H and O–H groups in total. The van der Waals surface area contributed by atoms with Crippen molar-refractivity contribution in [1.29, 1.82) is 0 Å². The highest BCUT2D eigenvalue weighted by Gasteiger charge is 2.37. The molecule has 2 rings (SSSR count). The Balaban J connectivity index is 2.20. The summed E-state index contributed by atoms with van der Waals surface area (Å²) in [6.45, 7) is 4.09. The maximum absolute atomic E-state index is 12.5. The topological polar surface area (TPSA) is 86.7 Å². The molecular weight excluding hydrogens is 306 g/mol. The molecule has 1 aliphatic heterocycles. The van der Waals surface area contributed by atoms with Crippen LogP contribution in [-0.4, -0.2) is 81.8 Å². The van der Waals surface area contributed by atoms with Gasteiger partial charge in [-0.05, 0) is 18.5 Å². The van der Waals surface area contributed by atoms with E-state index in [4.69, 9.17) is 0 Å². The van der Waals surface area contributed by atoms with Crippen molar-refractivity contribution in [2.24, 2.45) is 0 Å². The zero-order chi connectivity index (χ0) is 16.4. The Hall–Kier alpha value is -2.03. The third-order valence-corrected chi connectivity index (χ3v) is 4.46. The van der Waals surface area contributed by atoms with Crippen molar-refractivity contribution in [1.82, 2.24) is 24.3 Å². The highest BCUT2D eigenvalue weighted by Crippen LogP contribution is 2.18. The van der Waals surface area contributed by atoms with Crippen LogP contribution in [0, 0.1) is 6.92 Å². The molecule has 1 aromatic rings. The van der Waals surface area contributed by atoms with E-state index in [1.807, 2.05) is 0 Å². The zero-order valence-corrected chi connectivity index (χ0v) is 13.9. The summed E-state index contributed by atoms with van der Waals surface area (Å²) in [5.41, 5.74) is 0.583. The van der Waals surface area contributed by atoms with Gasteiger partial charge in [0.1, 0.15) is 10.9 Å². The molecule has 1 fully saturated rings. The van der Waals surface area contributed by atoms with Crippen molar-refractivity contribution in [2.75, 3.05) is 33.7 Å². The molecule has 8 nitrogen and oxygen atoms in total. The van der Waals surface area contributed by atoms with Gasteiger partial charge in [0.15, 0.2) is 0 Å². The van der Waals surface area contributed by atoms with Crippen LogP contribution in [0.15, 0.2) is 0 Å². The van der Waals surface area contributed by atoms with Crippen LogP contribution in [0.25, 0.3) is 0 Å². The SMILES string of the molecule is CC(=O)N1CCN(C(=O)c2snnc2C)C[C@@H]1C(=O)N(C)C. The predicted octanol–water partition coefficient (Wildman–Crippen LogP) is -0.392. The first-order valence-electron chi connectivity index (χ1n) is 6.89. The van der Waals surface area contributed by atoms with E-state index in [1.54, 1.807) is 25.9 Å². The first-order chi connectivity index (χ1) is 10.3. The number of hydrogen-bond donors (Lipinski definition) is 0. The van der Waals surface area contributed by atoms with Crippen LogP contribution >= 0.6 is 11.5 Å². The molecule has 0 bridgehead atoms. The number of carbonyl (C=O) groups is 3. The van der Waals surface area contributed by atoms with Gasteiger partial charge in [-0.1, -0.05) is 4.49 Å². The van der Waals surface area contributed by atoms with Gasteiger partial charge in [-0.25, -0.2) is 0 Å². The molecule has 0 spiro atoms. The van der Waals surface area contributed by atoms with E-state index in [0.717, 1.165) is 11.5 Å². The summed E-state index contributed by atoms with van der Waals surface area (Å²) in [6.07, 6.45) is 0. The van der Waals surface area contributed by atoms with Crippen LogP contribution in [0.4, 0.5) is 0 Å². The molecule has 1 atom stereocenters. The van der Waals surface area contributed by atoms with Crippen LogP contribution in [0.3, 0.4) is 0 Å². The minimum atomic E-state index is -0.647. The average Bonchev–Trinajstić information content (AvgIpc) is 2.90. The maximum Gasteiger partial charge on any atom is 0.267 e. The summed E-state index contributed by atoms with van der Waals surface area (Å²) in [4.78, 5) is 41.6. The van der Waals surface area contributed by atoms with Crippen molar-refractivity contribution >= 4 is 29.3 Å². The minimum absolute atomic E-state index is 0.164. The molecule has 0 unspecified atom stereocenters. The van der Waals surface area contributed by atoms with Gasteiger partial charge in [-0.2, -0.15) is 0 Å². The standard InChI is InChI=1S/C13H19N5O3S/c1-8-11(22-15-14-8)13(21)17-5-6-18(9(2)19)10(7-17)12(20)16(3)4/h10H,5-7H2,1-4H3/t10-/m1/s1. The first-order valence-corrected chi connectivity index (χ1v) is 7.67. The number of nitrogens with zero attached hydrogens (tertiary/aromatic N) is 5. The van der Waals surface area contributed by atoms with Gasteiger partial charge in [0.2, 0.25) is 11.8 Å². The van der Waals surface area contributed by atoms with Crippen molar-refractivity contribution in [3.63, 3.8) is 0 Å². The third-order valence-electron chi connectivity index (χ3n) is 3.64. The van der Waals surface area contributed by atoms with Crippen molar-refractivity contribution < 1.29 is 14.4 Å². The smallest absolute Gasteiger partial charge is 0.267 e. The Labute approximate surface area is 132 Å². The Morgan fingerprint density at radius 1 is 1.27 bits per heavy atom. The van der Waals surface area contributed by atoms with Crippen LogP contribution in [0.5, 0.6) is 0 Å². The second-order valence-electron chi connectivity index (χ2n) is 5.40. The molecule has 0 radical (unpaired) electrons. The largest absolute Gasteiger partial charge is 0.347 e. The van der Waals surface area contributed by atoms with Gasteiger partial charge >= 0.3 is 0 Å². The number of carbonyl (C=O) groups excluding carboxylic acids is 3. The Morgan fingerprint density at radius 3 is 2.45 bits per heavy atom. The van der Waals surface area contributed by atoms with Crippen molar-refractivity contribution in [3.05, 3.63) is 10.6 Å². The fourth-order valence-electron chi connectivity index (χ4n) is 2.43. The summed E-state index contributed by atoms with van der Waals surface area (Å²) in [5.74, 6) is -0.540. The quantitative estimate of drug-likeness (QED) is 0.739. The lowest BCUT2D eigenvalue weighted by atomic mass is 10.1. The van der Waals surface area contributed by atoms with Gasteiger partial charge in [-0.15, -0.1) is 5.10 Å². The van der Waals surface area contributed by atoms with Crippen molar-refractivity contribution in [3.8, 4) is 0 Å². The Kier molecular flexibility index (Phi) is 4.74. The van der Waals surface area contributed by atoms with Crippen molar-refractivity contribution in [2.45, 2.75) is 19.9 Å². The highest BCUT2D eigenvalue weighted by molar-refractivity contribution is 7.07. The Bertz CT molecular complexity index is 600. The highest BCUT2D eigenvalue weighted by atomic mass is 32.1. The molecular formula is C13H19N5O3S. The van der Waals surface area contributed by atoms with E-state index in [2.05, 4.69) is 9.59 Å². The lowest BCUT2D eigenvalue weighted by Gasteiger charge is -2.40. The summed E-state index contributed by atoms with van der Waals surface area (Å²) >= 11 is 1.05. The minimum Gasteiger partial charge on any atom is -0.347 e. The lowest BCUT2D eigenvalue weighted by Crippen LogP contribution is -2.60. The molecule has 2 heterocycles. The number of piperazine rings is 1. The zero-order valence-electron chi connectivity index (χ0n) is 13.1. The second kappa shape index (κ2) is 6.39. The number of amides is 3. The molecule has 22 heavy (non-hydrogen) atoms. The molecule has 1 aromatic heterocycles. The number of aryl methyl sites for hydroxylation is 1. The van der Waals surface area contributed by atoms with E-state index in [-0.39, 0.29) is 24.3 Å². The van der Waals surface area contributed by atoms with Gasteiger partial charge in [0, 0.05) is 34.1 Å². The molecule has 9 heteroatoms. The molecule has 0 aliphatic carbocycles. The maximum atomic E-state index is 12.5. The lowest BCUT2D eigenvalue weighted by molar-refractivity contribution is -0.146. The molecule has 1 aliphatic rings. The van der Waals surface area contributed by atoms with Gasteiger partial charge < -0.3 is 14.7 Å². The number of hydrogen-bond acceptors (Lipinski definition) is 6. The van der Waals surface area contributed by atoms with Gasteiger partial charge in [0.25, 0.3) is 5.91 Å². The summed E-state index contributed by atoms with van der Waals surface area (Å²) in [6, 6.07) is -0.647. The van der Waals surface area contributed by atoms with E-state index in [0.29, 0.717) is 23.7 Å². The fraction of sp³-hybridized carbons (Fsp3) is 0.615. The monoisotopic (exact) mass is 325 g/mol. The van der Waals surface area contributed by atoms with Gasteiger partial charge in [0.05, 0.1) is 12.2 Å². The van der Waals surface area contributed by atoms with Crippen LogP contribution < -0.4 is 0 Å². The van der Waals surface area contributed by atoms with E-state index in [9.17, 15) is 14.4 Å². The first kappa shape index (κ1) is 16.3. The van der Waals surface area contributed by atoms with E-state index in [1.165, 1.54) is 16.7 Å². The van der Waals surface area contributed by atoms with Gasteiger partial charge in [-0.3, -0.25) is 14.4 Å². The second-order valence-corrected chi connectivity index (χ2v) is 6.15. The van der Waals surface area contributed by atoms with E-state index >= 15 is 0 Å². The molecule has 120 valence electrons. The number of aromatic nitrogens is 2. The normalized spacial score (nSPS) is 18.3. The fourth-order valence-corrected chi connectivity index (χ4v) is 3.05. The molecule has 0 aromatic carbocycles. The Morgan fingerprint density at radius 2 is 1.95 bits per heavy atom. The van der Waals surface area contributed by atoms with Crippen LogP contribution in [0.2, 0.25) is 0 Å². The molecule has 3 amide bonds. The third kappa shape index (κ3) is 3.08. The predicted molar refractivity (Wildman–Crippen MR) is 80.4 cm³/mol. The molecule has 0 saturated carbocycles. The molecule has 1 saturated heterocycles. The van der Waals surface area contributed by atoms with Crippen LogP contribution in [-0.2, 0) is 9.59 Å².